The highest BCUT2D eigenvalue weighted by Gasteiger charge is 2.08. The SMILES string of the molecule is CC(C)CN[C@H](CCl)Cc1ccc(Cl)cc1. The van der Waals surface area contributed by atoms with Crippen LogP contribution in [0.1, 0.15) is 19.4 Å². The largest absolute Gasteiger partial charge is 0.312 e. The Balaban J connectivity index is 2.46. The quantitative estimate of drug-likeness (QED) is 0.768. The molecule has 0 saturated carbocycles. The summed E-state index contributed by atoms with van der Waals surface area (Å²) in [7, 11) is 0. The van der Waals surface area contributed by atoms with E-state index in [9.17, 15) is 0 Å². The average molecular weight is 260 g/mol. The molecule has 1 rings (SSSR count). The van der Waals surface area contributed by atoms with Crippen molar-refractivity contribution in [2.24, 2.45) is 5.92 Å². The number of hydrogen-bond donors (Lipinski definition) is 1. The highest BCUT2D eigenvalue weighted by Crippen LogP contribution is 2.11. The molecular weight excluding hydrogens is 241 g/mol. The van der Waals surface area contributed by atoms with Gasteiger partial charge in [-0.3, -0.25) is 0 Å². The summed E-state index contributed by atoms with van der Waals surface area (Å²) < 4.78 is 0. The molecule has 0 aliphatic heterocycles. The van der Waals surface area contributed by atoms with E-state index in [4.69, 9.17) is 23.2 Å². The Morgan fingerprint density at radius 3 is 2.31 bits per heavy atom. The Labute approximate surface area is 108 Å². The Morgan fingerprint density at radius 1 is 1.19 bits per heavy atom. The van der Waals surface area contributed by atoms with Crippen LogP contribution in [-0.2, 0) is 6.42 Å². The maximum absolute atomic E-state index is 5.94. The summed E-state index contributed by atoms with van der Waals surface area (Å²) in [6, 6.07) is 8.29. The highest BCUT2D eigenvalue weighted by atomic mass is 35.5. The zero-order chi connectivity index (χ0) is 12.0. The van der Waals surface area contributed by atoms with Gasteiger partial charge in [-0.05, 0) is 36.6 Å². The summed E-state index contributed by atoms with van der Waals surface area (Å²) in [6.07, 6.45) is 0.952. The molecule has 90 valence electrons. The summed E-state index contributed by atoms with van der Waals surface area (Å²) >= 11 is 11.8. The fourth-order valence-corrected chi connectivity index (χ4v) is 1.83. The van der Waals surface area contributed by atoms with Gasteiger partial charge in [0.25, 0.3) is 0 Å². The molecule has 0 amide bonds. The van der Waals surface area contributed by atoms with Crippen LogP contribution in [0.3, 0.4) is 0 Å². The third-order valence-corrected chi connectivity index (χ3v) is 3.02. The number of halogens is 2. The molecule has 0 saturated heterocycles. The van der Waals surface area contributed by atoms with E-state index >= 15 is 0 Å². The second-order valence-corrected chi connectivity index (χ2v) is 5.23. The van der Waals surface area contributed by atoms with Crippen LogP contribution in [0.4, 0.5) is 0 Å². The molecule has 1 N–H and O–H groups in total. The van der Waals surface area contributed by atoms with Crippen molar-refractivity contribution in [3.8, 4) is 0 Å². The zero-order valence-electron chi connectivity index (χ0n) is 9.84. The number of alkyl halides is 1. The van der Waals surface area contributed by atoms with Crippen molar-refractivity contribution in [1.82, 2.24) is 5.32 Å². The lowest BCUT2D eigenvalue weighted by molar-refractivity contribution is 0.485. The Hall–Kier alpha value is -0.240. The zero-order valence-corrected chi connectivity index (χ0v) is 11.4. The van der Waals surface area contributed by atoms with Crippen LogP contribution in [0.25, 0.3) is 0 Å². The van der Waals surface area contributed by atoms with Crippen molar-refractivity contribution in [3.05, 3.63) is 34.9 Å². The number of rotatable bonds is 6. The van der Waals surface area contributed by atoms with Crippen LogP contribution < -0.4 is 5.32 Å². The van der Waals surface area contributed by atoms with Gasteiger partial charge in [0.15, 0.2) is 0 Å². The van der Waals surface area contributed by atoms with Gasteiger partial charge in [-0.25, -0.2) is 0 Å². The van der Waals surface area contributed by atoms with Gasteiger partial charge in [-0.1, -0.05) is 37.6 Å². The Kier molecular flexibility index (Phi) is 6.18. The van der Waals surface area contributed by atoms with Gasteiger partial charge in [-0.15, -0.1) is 11.6 Å². The van der Waals surface area contributed by atoms with E-state index in [2.05, 4.69) is 31.3 Å². The topological polar surface area (TPSA) is 12.0 Å². The molecule has 0 fully saturated rings. The number of hydrogen-bond acceptors (Lipinski definition) is 1. The summed E-state index contributed by atoms with van der Waals surface area (Å²) in [5, 5.41) is 4.25. The monoisotopic (exact) mass is 259 g/mol. The van der Waals surface area contributed by atoms with E-state index in [0.29, 0.717) is 17.8 Å². The van der Waals surface area contributed by atoms with Crippen LogP contribution in [-0.4, -0.2) is 18.5 Å². The van der Waals surface area contributed by atoms with E-state index in [1.807, 2.05) is 12.1 Å². The van der Waals surface area contributed by atoms with Gasteiger partial charge in [0.2, 0.25) is 0 Å². The van der Waals surface area contributed by atoms with Gasteiger partial charge in [0.05, 0.1) is 0 Å². The first-order valence-corrected chi connectivity index (χ1v) is 6.57. The molecule has 0 heterocycles. The molecule has 1 atom stereocenters. The molecule has 0 aromatic heterocycles. The van der Waals surface area contributed by atoms with E-state index in [0.717, 1.165) is 18.0 Å². The van der Waals surface area contributed by atoms with Gasteiger partial charge in [0.1, 0.15) is 0 Å². The van der Waals surface area contributed by atoms with Gasteiger partial charge >= 0.3 is 0 Å². The van der Waals surface area contributed by atoms with Gasteiger partial charge in [0, 0.05) is 16.9 Å². The third-order valence-electron chi connectivity index (χ3n) is 2.40. The standard InChI is InChI=1S/C13H19Cl2N/c1-10(2)9-16-13(8-14)7-11-3-5-12(15)6-4-11/h3-6,10,13,16H,7-9H2,1-2H3/t13-/m0/s1. The molecular formula is C13H19Cl2N. The van der Waals surface area contributed by atoms with Gasteiger partial charge in [-0.2, -0.15) is 0 Å². The minimum Gasteiger partial charge on any atom is -0.312 e. The lowest BCUT2D eigenvalue weighted by Gasteiger charge is -2.17. The van der Waals surface area contributed by atoms with Crippen molar-refractivity contribution < 1.29 is 0 Å². The third kappa shape index (κ3) is 5.20. The lowest BCUT2D eigenvalue weighted by atomic mass is 10.1. The molecule has 3 heteroatoms. The molecule has 0 aliphatic carbocycles. The van der Waals surface area contributed by atoms with Crippen molar-refractivity contribution >= 4 is 23.2 Å². The van der Waals surface area contributed by atoms with Crippen molar-refractivity contribution in [2.75, 3.05) is 12.4 Å². The predicted molar refractivity (Wildman–Crippen MR) is 72.5 cm³/mol. The van der Waals surface area contributed by atoms with Crippen LogP contribution in [0.2, 0.25) is 5.02 Å². The minimum absolute atomic E-state index is 0.338. The summed E-state index contributed by atoms with van der Waals surface area (Å²) in [6.45, 7) is 5.39. The van der Waals surface area contributed by atoms with Crippen LogP contribution in [0, 0.1) is 5.92 Å². The summed E-state index contributed by atoms with van der Waals surface area (Å²) in [4.78, 5) is 0. The maximum atomic E-state index is 5.94. The molecule has 0 aliphatic rings. The average Bonchev–Trinajstić information content (AvgIpc) is 2.26. The molecule has 0 bridgehead atoms. The molecule has 1 nitrogen and oxygen atoms in total. The first-order valence-electron chi connectivity index (χ1n) is 5.65. The smallest absolute Gasteiger partial charge is 0.0406 e. The predicted octanol–water partition coefficient (Wildman–Crippen LogP) is 3.74. The first-order chi connectivity index (χ1) is 7.61. The Morgan fingerprint density at radius 2 is 1.81 bits per heavy atom. The van der Waals surface area contributed by atoms with Crippen LogP contribution in [0.15, 0.2) is 24.3 Å². The molecule has 0 radical (unpaired) electrons. The summed E-state index contributed by atoms with van der Waals surface area (Å²) in [5.41, 5.74) is 1.27. The van der Waals surface area contributed by atoms with E-state index < -0.39 is 0 Å². The molecule has 1 aromatic carbocycles. The van der Waals surface area contributed by atoms with Crippen LogP contribution in [0.5, 0.6) is 0 Å². The van der Waals surface area contributed by atoms with Gasteiger partial charge < -0.3 is 5.32 Å². The van der Waals surface area contributed by atoms with Crippen LogP contribution >= 0.6 is 23.2 Å². The fraction of sp³-hybridized carbons (Fsp3) is 0.538. The minimum atomic E-state index is 0.338. The first kappa shape index (κ1) is 13.8. The highest BCUT2D eigenvalue weighted by molar-refractivity contribution is 6.30. The van der Waals surface area contributed by atoms with Crippen molar-refractivity contribution in [1.29, 1.82) is 0 Å². The number of benzene rings is 1. The maximum Gasteiger partial charge on any atom is 0.0406 e. The van der Waals surface area contributed by atoms with E-state index in [-0.39, 0.29) is 0 Å². The Bertz CT molecular complexity index is 295. The molecule has 0 unspecified atom stereocenters. The molecule has 0 spiro atoms. The lowest BCUT2D eigenvalue weighted by Crippen LogP contribution is -2.35. The second-order valence-electron chi connectivity index (χ2n) is 4.48. The van der Waals surface area contributed by atoms with Crippen molar-refractivity contribution in [3.63, 3.8) is 0 Å². The van der Waals surface area contributed by atoms with E-state index in [1.165, 1.54) is 5.56 Å². The summed E-state index contributed by atoms with van der Waals surface area (Å²) in [5.74, 6) is 1.28. The number of nitrogens with one attached hydrogen (secondary N) is 1. The molecule has 16 heavy (non-hydrogen) atoms. The fourth-order valence-electron chi connectivity index (χ4n) is 1.49. The molecule has 1 aromatic rings. The second kappa shape index (κ2) is 7.16. The van der Waals surface area contributed by atoms with Crippen molar-refractivity contribution in [2.45, 2.75) is 26.3 Å². The normalized spacial score (nSPS) is 13.1. The van der Waals surface area contributed by atoms with E-state index in [1.54, 1.807) is 0 Å².